The van der Waals surface area contributed by atoms with Crippen molar-refractivity contribution in [2.45, 2.75) is 62.6 Å². The van der Waals surface area contributed by atoms with Gasteiger partial charge >= 0.3 is 12.1 Å². The van der Waals surface area contributed by atoms with Crippen LogP contribution in [0.2, 0.25) is 0 Å². The van der Waals surface area contributed by atoms with Crippen LogP contribution in [-0.4, -0.2) is 94.9 Å². The lowest BCUT2D eigenvalue weighted by atomic mass is 9.86. The van der Waals surface area contributed by atoms with Crippen molar-refractivity contribution in [1.82, 2.24) is 9.80 Å². The van der Waals surface area contributed by atoms with Crippen molar-refractivity contribution in [2.75, 3.05) is 72.1 Å². The molecule has 4 atom stereocenters. The molecule has 3 aliphatic heterocycles. The number of ether oxygens (including phenoxy) is 3. The van der Waals surface area contributed by atoms with Crippen LogP contribution >= 0.6 is 0 Å². The molecule has 2 aromatic rings. The maximum atomic E-state index is 14.6. The topological polar surface area (TPSA) is 71.6 Å². The highest BCUT2D eigenvalue weighted by Crippen LogP contribution is 2.44. The lowest BCUT2D eigenvalue weighted by Crippen LogP contribution is -2.39. The average molecular weight is 672 g/mol. The van der Waals surface area contributed by atoms with E-state index in [0.29, 0.717) is 63.9 Å². The minimum atomic E-state index is -4.49. The van der Waals surface area contributed by atoms with Crippen LogP contribution in [0.15, 0.2) is 42.5 Å². The van der Waals surface area contributed by atoms with Crippen LogP contribution in [0.3, 0.4) is 0 Å². The number of benzene rings is 2. The van der Waals surface area contributed by atoms with Gasteiger partial charge in [-0.1, -0.05) is 31.0 Å². The molecule has 0 N–H and O–H groups in total. The van der Waals surface area contributed by atoms with Crippen molar-refractivity contribution in [2.24, 2.45) is 17.8 Å². The summed E-state index contributed by atoms with van der Waals surface area (Å²) in [4.78, 5) is 33.2. The van der Waals surface area contributed by atoms with Crippen molar-refractivity contribution in [1.29, 1.82) is 0 Å². The van der Waals surface area contributed by atoms with Crippen molar-refractivity contribution < 1.29 is 37.0 Å². The second kappa shape index (κ2) is 14.7. The lowest BCUT2D eigenvalue weighted by molar-refractivity contribution is -0.146. The highest BCUT2D eigenvalue weighted by atomic mass is 19.4. The maximum Gasteiger partial charge on any atom is 0.416 e. The molecule has 4 fully saturated rings. The SMILES string of the molecule is COCC1CN(C(=O)C2CN(C3CCCC3)C[C@H]2c2ccc(OC)cc2)CC1c1ccc(C(F)(F)F)cc1N1CCC(C(=O)OC)CC1. The fourth-order valence-electron chi connectivity index (χ4n) is 8.69. The summed E-state index contributed by atoms with van der Waals surface area (Å²) in [6.07, 6.45) is 1.27. The summed E-state index contributed by atoms with van der Waals surface area (Å²) in [6.45, 7) is 3.71. The number of likely N-dealkylation sites (tertiary alicyclic amines) is 2. The van der Waals surface area contributed by atoms with E-state index in [2.05, 4.69) is 17.0 Å². The monoisotopic (exact) mass is 671 g/mol. The van der Waals surface area contributed by atoms with E-state index in [4.69, 9.17) is 14.2 Å². The van der Waals surface area contributed by atoms with E-state index in [9.17, 15) is 22.8 Å². The second-order valence-corrected chi connectivity index (χ2v) is 14.0. The van der Waals surface area contributed by atoms with Gasteiger partial charge in [0.05, 0.1) is 38.2 Å². The van der Waals surface area contributed by atoms with Gasteiger partial charge in [0.2, 0.25) is 5.91 Å². The highest BCUT2D eigenvalue weighted by Gasteiger charge is 2.46. The molecule has 3 unspecified atom stereocenters. The van der Waals surface area contributed by atoms with Crippen LogP contribution in [0.5, 0.6) is 5.75 Å². The third-order valence-corrected chi connectivity index (χ3v) is 11.3. The van der Waals surface area contributed by atoms with Gasteiger partial charge in [-0.25, -0.2) is 0 Å². The Balaban J connectivity index is 1.28. The van der Waals surface area contributed by atoms with Gasteiger partial charge in [-0.05, 0) is 61.1 Å². The van der Waals surface area contributed by atoms with Gasteiger partial charge in [-0.2, -0.15) is 13.2 Å². The minimum Gasteiger partial charge on any atom is -0.497 e. The third kappa shape index (κ3) is 7.18. The summed E-state index contributed by atoms with van der Waals surface area (Å²) in [7, 11) is 4.63. The van der Waals surface area contributed by atoms with Gasteiger partial charge in [-0.15, -0.1) is 0 Å². The Bertz CT molecular complexity index is 1420. The van der Waals surface area contributed by atoms with Gasteiger partial charge in [0.1, 0.15) is 5.75 Å². The van der Waals surface area contributed by atoms with Crippen LogP contribution < -0.4 is 9.64 Å². The number of methoxy groups -OCH3 is 3. The molecular formula is C37H48F3N3O5. The van der Waals surface area contributed by atoms with Crippen LogP contribution in [0.25, 0.3) is 0 Å². The molecule has 8 nitrogen and oxygen atoms in total. The van der Waals surface area contributed by atoms with E-state index in [1.54, 1.807) is 20.3 Å². The molecule has 1 saturated carbocycles. The molecule has 3 saturated heterocycles. The minimum absolute atomic E-state index is 0.0432. The van der Waals surface area contributed by atoms with Crippen LogP contribution in [0.1, 0.15) is 67.1 Å². The van der Waals surface area contributed by atoms with E-state index < -0.39 is 11.7 Å². The standard InChI is InChI=1S/C37H48F3N3O5/c1-46-23-26-19-43(35(44)33-22-42(28-6-4-5-7-28)20-31(33)24-8-11-29(47-2)12-9-24)21-32(26)30-13-10-27(37(38,39)40)18-34(30)41-16-14-25(15-17-41)36(45)48-3/h8-13,18,25-26,28,31-33H,4-7,14-17,19-23H2,1-3H3/t26?,31-,32?,33?/m0/s1. The molecular weight excluding hydrogens is 623 g/mol. The number of piperidine rings is 1. The summed E-state index contributed by atoms with van der Waals surface area (Å²) in [5.74, 6) is -0.117. The van der Waals surface area contributed by atoms with Crippen molar-refractivity contribution >= 4 is 17.6 Å². The Labute approximate surface area is 281 Å². The molecule has 11 heteroatoms. The molecule has 1 aliphatic carbocycles. The zero-order valence-corrected chi connectivity index (χ0v) is 28.2. The lowest BCUT2D eigenvalue weighted by Gasteiger charge is -2.35. The van der Waals surface area contributed by atoms with Crippen LogP contribution in [0, 0.1) is 17.8 Å². The molecule has 4 aliphatic rings. The first kappa shape index (κ1) is 34.5. The summed E-state index contributed by atoms with van der Waals surface area (Å²) < 4.78 is 58.0. The fraction of sp³-hybridized carbons (Fsp3) is 0.622. The van der Waals surface area contributed by atoms with Gasteiger partial charge < -0.3 is 24.0 Å². The first-order valence-corrected chi connectivity index (χ1v) is 17.3. The number of hydrogen-bond acceptors (Lipinski definition) is 7. The highest BCUT2D eigenvalue weighted by molar-refractivity contribution is 5.81. The zero-order chi connectivity index (χ0) is 34.0. The normalized spacial score (nSPS) is 26.0. The summed E-state index contributed by atoms with van der Waals surface area (Å²) in [6, 6.07) is 12.5. The smallest absolute Gasteiger partial charge is 0.416 e. The van der Waals surface area contributed by atoms with E-state index >= 15 is 0 Å². The molecule has 2 aromatic carbocycles. The number of nitrogens with zero attached hydrogens (tertiary/aromatic N) is 3. The number of rotatable bonds is 9. The van der Waals surface area contributed by atoms with Crippen molar-refractivity contribution in [3.05, 3.63) is 59.2 Å². The van der Waals surface area contributed by atoms with Crippen LogP contribution in [0.4, 0.5) is 18.9 Å². The van der Waals surface area contributed by atoms with Gasteiger partial charge in [0.25, 0.3) is 0 Å². The number of amides is 1. The largest absolute Gasteiger partial charge is 0.497 e. The molecule has 0 radical (unpaired) electrons. The number of alkyl halides is 3. The summed E-state index contributed by atoms with van der Waals surface area (Å²) in [5, 5.41) is 0. The summed E-state index contributed by atoms with van der Waals surface area (Å²) >= 11 is 0. The van der Waals surface area contributed by atoms with Gasteiger partial charge in [0.15, 0.2) is 0 Å². The number of anilines is 1. The molecule has 0 aromatic heterocycles. The Morgan fingerprint density at radius 2 is 1.56 bits per heavy atom. The number of hydrogen-bond donors (Lipinski definition) is 0. The zero-order valence-electron chi connectivity index (χ0n) is 28.2. The van der Waals surface area contributed by atoms with Crippen LogP contribution in [-0.2, 0) is 25.2 Å². The van der Waals surface area contributed by atoms with E-state index in [0.717, 1.165) is 42.3 Å². The number of esters is 1. The first-order valence-electron chi connectivity index (χ1n) is 17.3. The molecule has 0 spiro atoms. The predicted octanol–water partition coefficient (Wildman–Crippen LogP) is 5.95. The molecule has 6 rings (SSSR count). The Morgan fingerprint density at radius 1 is 0.854 bits per heavy atom. The maximum absolute atomic E-state index is 14.6. The molecule has 3 heterocycles. The van der Waals surface area contributed by atoms with Crippen molar-refractivity contribution in [3.8, 4) is 5.75 Å². The molecule has 48 heavy (non-hydrogen) atoms. The Kier molecular flexibility index (Phi) is 10.6. The van der Waals surface area contributed by atoms with Crippen molar-refractivity contribution in [3.63, 3.8) is 0 Å². The van der Waals surface area contributed by atoms with Gasteiger partial charge in [0, 0.05) is 75.9 Å². The number of halogens is 3. The van der Waals surface area contributed by atoms with E-state index in [1.807, 2.05) is 21.9 Å². The molecule has 1 amide bonds. The Morgan fingerprint density at radius 3 is 2.19 bits per heavy atom. The molecule has 0 bridgehead atoms. The van der Waals surface area contributed by atoms with Gasteiger partial charge in [-0.3, -0.25) is 14.5 Å². The second-order valence-electron chi connectivity index (χ2n) is 14.0. The predicted molar refractivity (Wildman–Crippen MR) is 176 cm³/mol. The quantitative estimate of drug-likeness (QED) is 0.305. The fourth-order valence-corrected chi connectivity index (χ4v) is 8.69. The number of carbonyl (C=O) groups is 2. The average Bonchev–Trinajstić information content (AvgIpc) is 3.88. The third-order valence-electron chi connectivity index (χ3n) is 11.3. The molecule has 262 valence electrons. The first-order chi connectivity index (χ1) is 23.1. The Hall–Kier alpha value is -3.31. The summed E-state index contributed by atoms with van der Waals surface area (Å²) in [5.41, 5.74) is 1.74. The van der Waals surface area contributed by atoms with E-state index in [1.165, 1.54) is 26.0 Å². The number of carbonyl (C=O) groups excluding carboxylic acids is 2. The van der Waals surface area contributed by atoms with E-state index in [-0.39, 0.29) is 41.5 Å².